The molecule has 1 saturated carbocycles. The van der Waals surface area contributed by atoms with Crippen LogP contribution in [0.5, 0.6) is 0 Å². The molecule has 2 saturated heterocycles. The van der Waals surface area contributed by atoms with Crippen LogP contribution in [0, 0.1) is 29.1 Å². The fraction of sp³-hybridized carbons (Fsp3) is 0.886. The van der Waals surface area contributed by atoms with Gasteiger partial charge in [-0.3, -0.25) is 4.90 Å². The highest BCUT2D eigenvalue weighted by molar-refractivity contribution is 5.23. The smallest absolute Gasteiger partial charge is 0.0765 e. The second kappa shape index (κ2) is 12.9. The number of aliphatic hydroxyl groups is 2. The molecule has 0 bridgehead atoms. The minimum atomic E-state index is -0.137. The third-order valence-electron chi connectivity index (χ3n) is 12.0. The van der Waals surface area contributed by atoms with Crippen molar-refractivity contribution < 1.29 is 19.7 Å². The number of piperidine rings is 1. The van der Waals surface area contributed by atoms with E-state index in [1.54, 1.807) is 16.7 Å². The summed E-state index contributed by atoms with van der Waals surface area (Å²) in [5, 5.41) is 19.5. The number of allylic oxidation sites excluding steroid dienone is 2. The van der Waals surface area contributed by atoms with Crippen molar-refractivity contribution in [3.63, 3.8) is 0 Å². The number of aliphatic hydroxyl groups excluding tert-OH is 2. The number of likely N-dealkylation sites (tertiary alicyclic amines) is 1. The summed E-state index contributed by atoms with van der Waals surface area (Å²) in [5.41, 5.74) is 5.11. The van der Waals surface area contributed by atoms with Gasteiger partial charge in [0.25, 0.3) is 0 Å². The molecule has 3 aliphatic carbocycles. The van der Waals surface area contributed by atoms with E-state index in [1.165, 1.54) is 44.9 Å². The molecule has 0 aromatic heterocycles. The first-order valence-corrected chi connectivity index (χ1v) is 16.8. The predicted molar refractivity (Wildman–Crippen MR) is 162 cm³/mol. The summed E-state index contributed by atoms with van der Waals surface area (Å²) in [6.45, 7) is 15.5. The molecule has 2 aliphatic heterocycles. The number of hydrogen-bond acceptors (Lipinski definition) is 5. The maximum atomic E-state index is 10.4. The normalized spacial score (nSPS) is 43.1. The molecule has 0 amide bonds. The van der Waals surface area contributed by atoms with Crippen LogP contribution in [0.2, 0.25) is 0 Å². The molecule has 2 N–H and O–H groups in total. The minimum Gasteiger partial charge on any atom is -0.394 e. The highest BCUT2D eigenvalue weighted by Gasteiger charge is 2.55. The van der Waals surface area contributed by atoms with Crippen LogP contribution in [0.3, 0.4) is 0 Å². The number of nitrogens with zero attached hydrogens (tertiary/aromatic N) is 1. The monoisotopic (exact) mass is 557 g/mol. The van der Waals surface area contributed by atoms with Crippen molar-refractivity contribution in [1.82, 2.24) is 4.90 Å². The number of hydrogen-bond donors (Lipinski definition) is 2. The second-order valence-electron chi connectivity index (χ2n) is 15.0. The third-order valence-corrected chi connectivity index (χ3v) is 12.0. The first kappa shape index (κ1) is 30.7. The van der Waals surface area contributed by atoms with Gasteiger partial charge in [-0.2, -0.15) is 0 Å². The fourth-order valence-corrected chi connectivity index (χ4v) is 9.54. The molecule has 8 unspecified atom stereocenters. The van der Waals surface area contributed by atoms with Gasteiger partial charge in [-0.1, -0.05) is 56.9 Å². The molecule has 40 heavy (non-hydrogen) atoms. The van der Waals surface area contributed by atoms with Crippen LogP contribution in [0.15, 0.2) is 22.8 Å². The van der Waals surface area contributed by atoms with Crippen LogP contribution in [-0.2, 0) is 9.47 Å². The standard InChI is InChI=1S/C35H59NO4/c1-24-18-32-33(36(23-24)14-16-39-17-15-37)27(4)35(40-32)12-7-6-8-28(26(3)21-35)19-29-22-34(5)13-11-31(38)20-30(34)10-9-25(29)2/h10,24-25,27,29,31-33,37-38H,6-9,11-23H2,1-5H3/t24-,25?,27?,29?,31?,32?,33?,34?,35?/m0/s1. The lowest BCUT2D eigenvalue weighted by Crippen LogP contribution is -2.52. The highest BCUT2D eigenvalue weighted by atomic mass is 16.5. The third kappa shape index (κ3) is 6.44. The van der Waals surface area contributed by atoms with Crippen molar-refractivity contribution in [3.05, 3.63) is 22.8 Å². The molecule has 5 aliphatic rings. The molecule has 5 rings (SSSR count). The van der Waals surface area contributed by atoms with Gasteiger partial charge in [-0.05, 0) is 101 Å². The van der Waals surface area contributed by atoms with Crippen molar-refractivity contribution >= 4 is 0 Å². The van der Waals surface area contributed by atoms with Gasteiger partial charge in [-0.25, -0.2) is 0 Å². The van der Waals surface area contributed by atoms with Crippen molar-refractivity contribution in [2.75, 3.05) is 32.9 Å². The molecule has 228 valence electrons. The summed E-state index contributed by atoms with van der Waals surface area (Å²) >= 11 is 0. The molecule has 5 heteroatoms. The van der Waals surface area contributed by atoms with E-state index in [1.807, 2.05) is 0 Å². The molecule has 0 aromatic rings. The van der Waals surface area contributed by atoms with E-state index in [9.17, 15) is 5.11 Å². The largest absolute Gasteiger partial charge is 0.394 e. The number of rotatable bonds is 7. The Morgan fingerprint density at radius 2 is 1.98 bits per heavy atom. The molecule has 0 radical (unpaired) electrons. The summed E-state index contributed by atoms with van der Waals surface area (Å²) in [4.78, 5) is 2.66. The van der Waals surface area contributed by atoms with Gasteiger partial charge in [-0.15, -0.1) is 0 Å². The Balaban J connectivity index is 1.32. The van der Waals surface area contributed by atoms with E-state index < -0.39 is 0 Å². The lowest BCUT2D eigenvalue weighted by atomic mass is 9.65. The minimum absolute atomic E-state index is 0.0470. The Bertz CT molecular complexity index is 930. The summed E-state index contributed by atoms with van der Waals surface area (Å²) in [7, 11) is 0. The second-order valence-corrected chi connectivity index (χ2v) is 15.0. The van der Waals surface area contributed by atoms with Crippen molar-refractivity contribution in [2.45, 2.75) is 136 Å². The summed E-state index contributed by atoms with van der Waals surface area (Å²) in [5.74, 6) is 2.56. The topological polar surface area (TPSA) is 62.2 Å². The Hall–Kier alpha value is -0.720. The molecule has 3 fully saturated rings. The van der Waals surface area contributed by atoms with E-state index in [4.69, 9.17) is 14.6 Å². The van der Waals surface area contributed by atoms with Gasteiger partial charge in [0.2, 0.25) is 0 Å². The molecule has 2 heterocycles. The quantitative estimate of drug-likeness (QED) is 0.270. The van der Waals surface area contributed by atoms with Crippen LogP contribution in [0.4, 0.5) is 0 Å². The van der Waals surface area contributed by atoms with Crippen LogP contribution in [-0.4, -0.2) is 71.9 Å². The van der Waals surface area contributed by atoms with Crippen molar-refractivity contribution in [3.8, 4) is 0 Å². The Morgan fingerprint density at radius 1 is 1.15 bits per heavy atom. The van der Waals surface area contributed by atoms with Crippen LogP contribution in [0.1, 0.15) is 112 Å². The molecule has 5 nitrogen and oxygen atoms in total. The summed E-state index contributed by atoms with van der Waals surface area (Å²) in [6, 6.07) is 0.470. The van der Waals surface area contributed by atoms with E-state index in [-0.39, 0.29) is 23.7 Å². The molecule has 1 spiro atoms. The lowest BCUT2D eigenvalue weighted by Gasteiger charge is -2.42. The Morgan fingerprint density at radius 3 is 2.77 bits per heavy atom. The van der Waals surface area contributed by atoms with E-state index in [0.717, 1.165) is 45.2 Å². The van der Waals surface area contributed by atoms with E-state index in [0.29, 0.717) is 49.0 Å². The predicted octanol–water partition coefficient (Wildman–Crippen LogP) is 6.67. The Labute approximate surface area is 244 Å². The molecular weight excluding hydrogens is 498 g/mol. The zero-order chi connectivity index (χ0) is 28.5. The zero-order valence-corrected chi connectivity index (χ0v) is 26.3. The van der Waals surface area contributed by atoms with Crippen LogP contribution >= 0.6 is 0 Å². The molecule has 9 atom stereocenters. The van der Waals surface area contributed by atoms with Crippen molar-refractivity contribution in [2.24, 2.45) is 29.1 Å². The first-order valence-electron chi connectivity index (χ1n) is 16.8. The fourth-order valence-electron chi connectivity index (χ4n) is 9.54. The van der Waals surface area contributed by atoms with Gasteiger partial charge >= 0.3 is 0 Å². The van der Waals surface area contributed by atoms with Gasteiger partial charge in [0, 0.05) is 25.0 Å². The highest BCUT2D eigenvalue weighted by Crippen LogP contribution is 2.53. The van der Waals surface area contributed by atoms with E-state index in [2.05, 4.69) is 45.6 Å². The average Bonchev–Trinajstić information content (AvgIpc) is 3.10. The lowest BCUT2D eigenvalue weighted by molar-refractivity contribution is -0.0807. The van der Waals surface area contributed by atoms with Gasteiger partial charge in [0.15, 0.2) is 0 Å². The number of ether oxygens (including phenoxy) is 2. The van der Waals surface area contributed by atoms with Crippen LogP contribution in [0.25, 0.3) is 0 Å². The SMILES string of the molecule is CC1=C(CC2CC3(C)CCC(O)CC3=CCC2C)CCCCC2(C1)OC1C[C@H](C)CN(CCOCCO)C1C2C. The van der Waals surface area contributed by atoms with Gasteiger partial charge in [0.05, 0.1) is 37.6 Å². The maximum absolute atomic E-state index is 10.4. The number of fused-ring (bicyclic) bond motifs is 2. The first-order chi connectivity index (χ1) is 19.1. The van der Waals surface area contributed by atoms with Crippen molar-refractivity contribution in [1.29, 1.82) is 0 Å². The maximum Gasteiger partial charge on any atom is 0.0765 e. The van der Waals surface area contributed by atoms with E-state index >= 15 is 0 Å². The van der Waals surface area contributed by atoms with Gasteiger partial charge < -0.3 is 19.7 Å². The van der Waals surface area contributed by atoms with Gasteiger partial charge in [0.1, 0.15) is 0 Å². The van der Waals surface area contributed by atoms with Crippen LogP contribution < -0.4 is 0 Å². The summed E-state index contributed by atoms with van der Waals surface area (Å²) in [6.07, 6.45) is 16.6. The molecular formula is C35H59NO4. The Kier molecular flexibility index (Phi) is 9.89. The summed E-state index contributed by atoms with van der Waals surface area (Å²) < 4.78 is 12.9. The molecule has 0 aromatic carbocycles. The average molecular weight is 558 g/mol. The zero-order valence-electron chi connectivity index (χ0n) is 26.3.